The van der Waals surface area contributed by atoms with Gasteiger partial charge in [-0.15, -0.1) is 0 Å². The first-order valence-corrected chi connectivity index (χ1v) is 31.0. The average molecular weight is 1090 g/mol. The lowest BCUT2D eigenvalue weighted by atomic mass is 9.90. The van der Waals surface area contributed by atoms with Crippen molar-refractivity contribution in [2.45, 2.75) is 273 Å². The van der Waals surface area contributed by atoms with Gasteiger partial charge < -0.3 is 31.5 Å². The van der Waals surface area contributed by atoms with E-state index in [0.717, 1.165) is 110 Å². The molecular formula is C64H131N7O6. The first-order valence-electron chi connectivity index (χ1n) is 31.0. The molecule has 0 radical (unpaired) electrons. The van der Waals surface area contributed by atoms with Crippen molar-refractivity contribution in [1.29, 1.82) is 0 Å². The van der Waals surface area contributed by atoms with Gasteiger partial charge in [0.15, 0.2) is 5.78 Å². The molecule has 0 aliphatic heterocycles. The molecule has 13 heteroatoms. The summed E-state index contributed by atoms with van der Waals surface area (Å²) >= 11 is 0. The number of ketones is 4. The van der Waals surface area contributed by atoms with Crippen LogP contribution in [-0.4, -0.2) is 127 Å². The van der Waals surface area contributed by atoms with E-state index in [1.54, 1.807) is 0 Å². The molecule has 0 aliphatic carbocycles. The van der Waals surface area contributed by atoms with Gasteiger partial charge in [-0.2, -0.15) is 0 Å². The first kappa shape index (κ1) is 80.9. The summed E-state index contributed by atoms with van der Waals surface area (Å²) in [5.41, 5.74) is 0. The van der Waals surface area contributed by atoms with Crippen LogP contribution in [0.5, 0.6) is 0 Å². The molecule has 0 bridgehead atoms. The van der Waals surface area contributed by atoms with Crippen molar-refractivity contribution in [2.24, 2.45) is 53.3 Å². The molecule has 458 valence electrons. The van der Waals surface area contributed by atoms with Crippen molar-refractivity contribution in [3.8, 4) is 0 Å². The Labute approximate surface area is 477 Å². The fourth-order valence-corrected chi connectivity index (χ4v) is 7.40. The number of nitrogens with one attached hydrogen (secondary N) is 5. The molecule has 0 rings (SSSR count). The minimum Gasteiger partial charge on any atom is -0.348 e. The van der Waals surface area contributed by atoms with E-state index < -0.39 is 0 Å². The van der Waals surface area contributed by atoms with Gasteiger partial charge in [-0.25, -0.2) is 0 Å². The van der Waals surface area contributed by atoms with Crippen molar-refractivity contribution in [2.75, 3.05) is 52.5 Å². The fraction of sp³-hybridized carbons (Fsp3) is 0.906. The summed E-state index contributed by atoms with van der Waals surface area (Å²) in [6.07, 6.45) is 11.5. The van der Waals surface area contributed by atoms with E-state index >= 15 is 0 Å². The predicted molar refractivity (Wildman–Crippen MR) is 330 cm³/mol. The van der Waals surface area contributed by atoms with E-state index in [-0.39, 0.29) is 72.1 Å². The van der Waals surface area contributed by atoms with Crippen molar-refractivity contribution in [3.05, 3.63) is 0 Å². The maximum absolute atomic E-state index is 12.3. The average Bonchev–Trinajstić information content (AvgIpc) is 3.30. The zero-order valence-corrected chi connectivity index (χ0v) is 55.1. The third kappa shape index (κ3) is 55.1. The largest absolute Gasteiger partial charge is 0.348 e. The molecular weight excluding hydrogens is 963 g/mol. The molecule has 0 aliphatic rings. The fourth-order valence-electron chi connectivity index (χ4n) is 7.40. The summed E-state index contributed by atoms with van der Waals surface area (Å²) in [5.74, 6) is 4.27. The molecule has 13 nitrogen and oxygen atoms in total. The number of hydrogen-bond acceptors (Lipinski definition) is 11. The van der Waals surface area contributed by atoms with Crippen LogP contribution >= 0.6 is 0 Å². The molecule has 2 amide bonds. The third-order valence-corrected chi connectivity index (χ3v) is 13.0. The second-order valence-electron chi connectivity index (χ2n) is 26.2. The summed E-state index contributed by atoms with van der Waals surface area (Å²) in [7, 11) is 0. The molecule has 2 atom stereocenters. The van der Waals surface area contributed by atoms with Gasteiger partial charge in [0, 0.05) is 80.6 Å². The van der Waals surface area contributed by atoms with E-state index in [9.17, 15) is 28.8 Å². The normalized spacial score (nSPS) is 12.5. The SMILES string of the molecule is CC(C)CCC(CNC(C)C)CC(=O)C(C)C.CC(C)CCCN(CCCC(C)C)C(=O)CC(=O)C(C)C.CC(C)CCN(CNC(C)C)CC(=O)C(C)C.CC(C)NCCCCC(NC(C)C)C(=O)NCC(=O)C(C)C. The van der Waals surface area contributed by atoms with Gasteiger partial charge in [-0.05, 0) is 108 Å². The lowest BCUT2D eigenvalue weighted by Gasteiger charge is -2.24. The summed E-state index contributed by atoms with van der Waals surface area (Å²) < 4.78 is 0. The minimum atomic E-state index is -0.223. The van der Waals surface area contributed by atoms with E-state index in [4.69, 9.17) is 0 Å². The first-order chi connectivity index (χ1) is 35.6. The van der Waals surface area contributed by atoms with Crippen LogP contribution in [0.25, 0.3) is 0 Å². The van der Waals surface area contributed by atoms with Crippen LogP contribution < -0.4 is 26.6 Å². The van der Waals surface area contributed by atoms with Crippen molar-refractivity contribution >= 4 is 34.9 Å². The van der Waals surface area contributed by atoms with Crippen molar-refractivity contribution in [1.82, 2.24) is 36.4 Å². The summed E-state index contributed by atoms with van der Waals surface area (Å²) in [6.45, 7) is 56.0. The molecule has 0 aromatic carbocycles. The van der Waals surface area contributed by atoms with Crippen LogP contribution in [0, 0.1) is 53.3 Å². The number of carbonyl (C=O) groups excluding carboxylic acids is 6. The molecule has 77 heavy (non-hydrogen) atoms. The summed E-state index contributed by atoms with van der Waals surface area (Å²) in [6, 6.07) is 1.48. The number of nitrogens with zero attached hydrogens (tertiary/aromatic N) is 2. The lowest BCUT2D eigenvalue weighted by molar-refractivity contribution is -0.136. The summed E-state index contributed by atoms with van der Waals surface area (Å²) in [4.78, 5) is 75.7. The minimum absolute atomic E-state index is 0.0150. The highest BCUT2D eigenvalue weighted by Crippen LogP contribution is 2.18. The second-order valence-corrected chi connectivity index (χ2v) is 26.2. The van der Waals surface area contributed by atoms with E-state index in [2.05, 4.69) is 128 Å². The van der Waals surface area contributed by atoms with Gasteiger partial charge in [0.25, 0.3) is 0 Å². The Morgan fingerprint density at radius 2 is 0.883 bits per heavy atom. The monoisotopic (exact) mass is 1090 g/mol. The van der Waals surface area contributed by atoms with Gasteiger partial charge in [-0.1, -0.05) is 165 Å². The lowest BCUT2D eigenvalue weighted by Crippen LogP contribution is -2.48. The highest BCUT2D eigenvalue weighted by molar-refractivity contribution is 5.98. The van der Waals surface area contributed by atoms with Crippen LogP contribution in [-0.2, 0) is 28.8 Å². The Morgan fingerprint density at radius 3 is 1.30 bits per heavy atom. The smallest absolute Gasteiger partial charge is 0.237 e. The molecule has 0 heterocycles. The number of rotatable bonds is 41. The van der Waals surface area contributed by atoms with Gasteiger partial charge in [0.1, 0.15) is 17.3 Å². The standard InChI is InChI=1S/C18H35NO2.C17H35N3O2.C15H31NO.C14H30N2O/c1-14(2)9-7-11-19(12-8-10-15(3)4)18(21)13-17(20)16(5)6;1-12(2)16(21)11-19-17(22)15(20-14(5)6)9-7-8-10-18-13(3)4;1-11(2)7-8-14(10-16-13(5)6)9-15(17)12(3)4;1-11(2)7-8-16(10-15-13(5)6)9-14(17)12(3)4/h14-16H,7-13H2,1-6H3;12-15,18,20H,7-11H2,1-6H3,(H,19,22);11-14,16H,7-10H2,1-6H3;11-13,15H,7-10H2,1-6H3. The predicted octanol–water partition coefficient (Wildman–Crippen LogP) is 12.3. The molecule has 0 fully saturated rings. The topological polar surface area (TPSA) is 169 Å². The van der Waals surface area contributed by atoms with Crippen LogP contribution in [0.2, 0.25) is 0 Å². The van der Waals surface area contributed by atoms with Crippen LogP contribution in [0.15, 0.2) is 0 Å². The highest BCUT2D eigenvalue weighted by atomic mass is 16.2. The third-order valence-electron chi connectivity index (χ3n) is 13.0. The Balaban J connectivity index is -0.000000464. The quantitative estimate of drug-likeness (QED) is 0.0224. The molecule has 2 unspecified atom stereocenters. The molecule has 0 aromatic heterocycles. The molecule has 0 saturated carbocycles. The number of hydrogen-bond donors (Lipinski definition) is 5. The Bertz CT molecular complexity index is 1410. The Kier molecular flexibility index (Phi) is 51.7. The Morgan fingerprint density at radius 1 is 0.416 bits per heavy atom. The molecule has 0 aromatic rings. The maximum Gasteiger partial charge on any atom is 0.237 e. The number of Topliss-reactive ketones (excluding diaryl/α,β-unsaturated/α-hetero) is 4. The van der Waals surface area contributed by atoms with Gasteiger partial charge >= 0.3 is 0 Å². The number of unbranched alkanes of at least 4 members (excludes halogenated alkanes) is 1. The summed E-state index contributed by atoms with van der Waals surface area (Å²) in [5, 5.41) is 16.3. The zero-order valence-electron chi connectivity index (χ0n) is 55.1. The van der Waals surface area contributed by atoms with Crippen LogP contribution in [0.4, 0.5) is 0 Å². The van der Waals surface area contributed by atoms with E-state index in [1.165, 1.54) is 6.42 Å². The highest BCUT2D eigenvalue weighted by Gasteiger charge is 2.22. The Hall–Kier alpha value is -2.58. The van der Waals surface area contributed by atoms with Gasteiger partial charge in [0.05, 0.1) is 25.6 Å². The number of carbonyl (C=O) groups is 6. The van der Waals surface area contributed by atoms with Gasteiger partial charge in [0.2, 0.25) is 11.8 Å². The van der Waals surface area contributed by atoms with Crippen LogP contribution in [0.3, 0.4) is 0 Å². The van der Waals surface area contributed by atoms with E-state index in [1.807, 2.05) is 74.1 Å². The van der Waals surface area contributed by atoms with Gasteiger partial charge in [-0.3, -0.25) is 33.7 Å². The zero-order chi connectivity index (χ0) is 60.4. The second kappa shape index (κ2) is 49.3. The molecule has 5 N–H and O–H groups in total. The molecule has 0 spiro atoms. The molecule has 0 saturated heterocycles. The van der Waals surface area contributed by atoms with E-state index in [0.29, 0.717) is 59.9 Å². The maximum atomic E-state index is 12.3. The number of amides is 2. The van der Waals surface area contributed by atoms with Crippen molar-refractivity contribution in [3.63, 3.8) is 0 Å². The van der Waals surface area contributed by atoms with Crippen molar-refractivity contribution < 1.29 is 28.8 Å². The van der Waals surface area contributed by atoms with Crippen LogP contribution in [0.1, 0.15) is 243 Å².